The number of nitrogens with zero attached hydrogens (tertiary/aromatic N) is 1. The maximum absolute atomic E-state index is 5.71. The third-order valence-corrected chi connectivity index (χ3v) is 3.54. The predicted octanol–water partition coefficient (Wildman–Crippen LogP) is 3.11. The van der Waals surface area contributed by atoms with Crippen molar-refractivity contribution in [1.29, 1.82) is 0 Å². The van der Waals surface area contributed by atoms with Gasteiger partial charge in [-0.05, 0) is 35.0 Å². The molecule has 0 unspecified atom stereocenters. The van der Waals surface area contributed by atoms with Crippen molar-refractivity contribution in [3.8, 4) is 5.75 Å². The summed E-state index contributed by atoms with van der Waals surface area (Å²) in [4.78, 5) is 5.23. The number of pyridine rings is 1. The van der Waals surface area contributed by atoms with E-state index in [1.54, 1.807) is 24.2 Å². The molecule has 0 aromatic carbocycles. The zero-order valence-electron chi connectivity index (χ0n) is 7.29. The lowest BCUT2D eigenvalue weighted by Crippen LogP contribution is -1.98. The Morgan fingerprint density at radius 3 is 2.92 bits per heavy atom. The summed E-state index contributed by atoms with van der Waals surface area (Å²) in [5.41, 5.74) is 0. The van der Waals surface area contributed by atoms with Crippen molar-refractivity contribution in [1.82, 2.24) is 4.98 Å². The molecule has 2 nitrogen and oxygen atoms in total. The van der Waals surface area contributed by atoms with Gasteiger partial charge < -0.3 is 4.74 Å². The second-order valence-electron chi connectivity index (χ2n) is 2.97. The van der Waals surface area contributed by atoms with E-state index in [1.807, 2.05) is 6.26 Å². The Morgan fingerprint density at radius 2 is 2.31 bits per heavy atom. The fourth-order valence-corrected chi connectivity index (χ4v) is 2.40. The van der Waals surface area contributed by atoms with Crippen LogP contribution in [0, 0.1) is 0 Å². The number of thioether (sulfide) groups is 1. The molecule has 0 radical (unpaired) electrons. The Labute approximate surface area is 90.2 Å². The number of rotatable bonds is 3. The van der Waals surface area contributed by atoms with Gasteiger partial charge in [0.15, 0.2) is 5.75 Å². The SMILES string of the molecule is CSc1c(Br)cncc1OC1CC1. The lowest BCUT2D eigenvalue weighted by molar-refractivity contribution is 0.294. The molecule has 1 saturated carbocycles. The largest absolute Gasteiger partial charge is 0.488 e. The van der Waals surface area contributed by atoms with Crippen LogP contribution >= 0.6 is 27.7 Å². The van der Waals surface area contributed by atoms with Crippen molar-refractivity contribution in [2.45, 2.75) is 23.8 Å². The summed E-state index contributed by atoms with van der Waals surface area (Å²) in [6.07, 6.45) is 8.42. The highest BCUT2D eigenvalue weighted by Gasteiger charge is 2.25. The molecule has 0 saturated heterocycles. The molecule has 1 aliphatic carbocycles. The zero-order valence-corrected chi connectivity index (χ0v) is 9.69. The minimum absolute atomic E-state index is 0.432. The highest BCUT2D eigenvalue weighted by atomic mass is 79.9. The van der Waals surface area contributed by atoms with E-state index in [9.17, 15) is 0 Å². The van der Waals surface area contributed by atoms with E-state index in [4.69, 9.17) is 4.74 Å². The summed E-state index contributed by atoms with van der Waals surface area (Å²) >= 11 is 5.13. The molecule has 1 heterocycles. The maximum atomic E-state index is 5.71. The van der Waals surface area contributed by atoms with Crippen LogP contribution in [0.3, 0.4) is 0 Å². The molecule has 1 aromatic rings. The van der Waals surface area contributed by atoms with E-state index in [0.29, 0.717) is 6.10 Å². The highest BCUT2D eigenvalue weighted by molar-refractivity contribution is 9.10. The zero-order chi connectivity index (χ0) is 9.26. The van der Waals surface area contributed by atoms with Crippen molar-refractivity contribution in [3.63, 3.8) is 0 Å². The van der Waals surface area contributed by atoms with E-state index in [1.165, 1.54) is 12.8 Å². The van der Waals surface area contributed by atoms with Crippen LogP contribution in [0.4, 0.5) is 0 Å². The van der Waals surface area contributed by atoms with Crippen LogP contribution in [0.25, 0.3) is 0 Å². The van der Waals surface area contributed by atoms with Gasteiger partial charge in [-0.2, -0.15) is 0 Å². The number of hydrogen-bond acceptors (Lipinski definition) is 3. The molecule has 0 spiro atoms. The summed E-state index contributed by atoms with van der Waals surface area (Å²) in [7, 11) is 0. The van der Waals surface area contributed by atoms with Crippen LogP contribution in [-0.2, 0) is 0 Å². The Balaban J connectivity index is 2.25. The quantitative estimate of drug-likeness (QED) is 0.779. The van der Waals surface area contributed by atoms with Gasteiger partial charge in [0, 0.05) is 6.20 Å². The average molecular weight is 260 g/mol. The van der Waals surface area contributed by atoms with Gasteiger partial charge in [0.05, 0.1) is 21.7 Å². The number of aromatic nitrogens is 1. The lowest BCUT2D eigenvalue weighted by atomic mass is 10.4. The minimum atomic E-state index is 0.432. The number of halogens is 1. The molecular formula is C9H10BrNOS. The summed E-state index contributed by atoms with van der Waals surface area (Å²) in [5.74, 6) is 0.907. The first-order valence-corrected chi connectivity index (χ1v) is 6.17. The average Bonchev–Trinajstić information content (AvgIpc) is 2.89. The van der Waals surface area contributed by atoms with E-state index < -0.39 is 0 Å². The van der Waals surface area contributed by atoms with Gasteiger partial charge in [-0.3, -0.25) is 4.98 Å². The fraction of sp³-hybridized carbons (Fsp3) is 0.444. The first-order chi connectivity index (χ1) is 6.31. The van der Waals surface area contributed by atoms with Crippen LogP contribution in [0.15, 0.2) is 21.8 Å². The molecule has 0 atom stereocenters. The molecule has 1 aromatic heterocycles. The summed E-state index contributed by atoms with van der Waals surface area (Å²) in [5, 5.41) is 0. The van der Waals surface area contributed by atoms with Gasteiger partial charge in [-0.1, -0.05) is 0 Å². The van der Waals surface area contributed by atoms with Crippen molar-refractivity contribution >= 4 is 27.7 Å². The fourth-order valence-electron chi connectivity index (χ4n) is 1.05. The van der Waals surface area contributed by atoms with Crippen LogP contribution in [0.2, 0.25) is 0 Å². The van der Waals surface area contributed by atoms with Crippen molar-refractivity contribution in [3.05, 3.63) is 16.9 Å². The first kappa shape index (κ1) is 9.34. The summed E-state index contributed by atoms with van der Waals surface area (Å²) in [6, 6.07) is 0. The third-order valence-electron chi connectivity index (χ3n) is 1.84. The lowest BCUT2D eigenvalue weighted by Gasteiger charge is -2.09. The molecule has 1 aliphatic rings. The Kier molecular flexibility index (Phi) is 2.79. The smallest absolute Gasteiger partial charge is 0.152 e. The van der Waals surface area contributed by atoms with E-state index in [-0.39, 0.29) is 0 Å². The van der Waals surface area contributed by atoms with Gasteiger partial charge >= 0.3 is 0 Å². The third kappa shape index (κ3) is 2.17. The van der Waals surface area contributed by atoms with E-state index in [2.05, 4.69) is 20.9 Å². The van der Waals surface area contributed by atoms with Crippen LogP contribution in [0.5, 0.6) is 5.75 Å². The second kappa shape index (κ2) is 3.88. The number of ether oxygens (including phenoxy) is 1. The van der Waals surface area contributed by atoms with E-state index in [0.717, 1.165) is 15.1 Å². The number of hydrogen-bond donors (Lipinski definition) is 0. The first-order valence-electron chi connectivity index (χ1n) is 4.15. The van der Waals surface area contributed by atoms with Gasteiger partial charge in [0.2, 0.25) is 0 Å². The summed E-state index contributed by atoms with van der Waals surface area (Å²) < 4.78 is 6.73. The maximum Gasteiger partial charge on any atom is 0.152 e. The van der Waals surface area contributed by atoms with Gasteiger partial charge in [0.25, 0.3) is 0 Å². The Bertz CT molecular complexity index is 314. The molecule has 2 rings (SSSR count). The predicted molar refractivity (Wildman–Crippen MR) is 57.4 cm³/mol. The topological polar surface area (TPSA) is 22.1 Å². The minimum Gasteiger partial charge on any atom is -0.488 e. The van der Waals surface area contributed by atoms with E-state index >= 15 is 0 Å². The molecule has 1 fully saturated rings. The molecule has 0 N–H and O–H groups in total. The van der Waals surface area contributed by atoms with Crippen LogP contribution in [0.1, 0.15) is 12.8 Å². The van der Waals surface area contributed by atoms with Crippen molar-refractivity contribution in [2.24, 2.45) is 0 Å². The van der Waals surface area contributed by atoms with Crippen LogP contribution < -0.4 is 4.74 Å². The van der Waals surface area contributed by atoms with Gasteiger partial charge in [-0.15, -0.1) is 11.8 Å². The second-order valence-corrected chi connectivity index (χ2v) is 4.64. The van der Waals surface area contributed by atoms with Crippen LogP contribution in [-0.4, -0.2) is 17.3 Å². The van der Waals surface area contributed by atoms with Gasteiger partial charge in [0.1, 0.15) is 0 Å². The highest BCUT2D eigenvalue weighted by Crippen LogP contribution is 2.36. The van der Waals surface area contributed by atoms with Crippen molar-refractivity contribution < 1.29 is 4.74 Å². The molecule has 0 amide bonds. The summed E-state index contributed by atoms with van der Waals surface area (Å²) in [6.45, 7) is 0. The Morgan fingerprint density at radius 1 is 1.54 bits per heavy atom. The standard InChI is InChI=1S/C9H10BrNOS/c1-13-9-7(10)4-11-5-8(9)12-6-2-3-6/h4-6H,2-3H2,1H3. The molecular weight excluding hydrogens is 250 g/mol. The Hall–Kier alpha value is -0.220. The van der Waals surface area contributed by atoms with Crippen molar-refractivity contribution in [2.75, 3.05) is 6.26 Å². The molecule has 0 bridgehead atoms. The van der Waals surface area contributed by atoms with Gasteiger partial charge in [-0.25, -0.2) is 0 Å². The molecule has 4 heteroatoms. The monoisotopic (exact) mass is 259 g/mol. The molecule has 0 aliphatic heterocycles. The normalized spacial score (nSPS) is 15.8. The molecule has 70 valence electrons. The molecule has 13 heavy (non-hydrogen) atoms.